The van der Waals surface area contributed by atoms with Crippen LogP contribution in [-0.4, -0.2) is 0 Å². The molecular formula is C45H36N2. The van der Waals surface area contributed by atoms with E-state index in [0.29, 0.717) is 0 Å². The lowest BCUT2D eigenvalue weighted by Gasteiger charge is -2.29. The average Bonchev–Trinajstić information content (AvgIpc) is 3.13. The van der Waals surface area contributed by atoms with Gasteiger partial charge in [-0.25, -0.2) is 0 Å². The molecule has 0 saturated heterocycles. The fourth-order valence-corrected chi connectivity index (χ4v) is 6.24. The Hall–Kier alpha value is -6.12. The molecule has 7 aromatic carbocycles. The topological polar surface area (TPSA) is 15.3 Å². The van der Waals surface area contributed by atoms with Crippen LogP contribution in [0.2, 0.25) is 0 Å². The number of anilines is 5. The summed E-state index contributed by atoms with van der Waals surface area (Å²) in [6.07, 6.45) is 8.10. The van der Waals surface area contributed by atoms with Gasteiger partial charge in [0.25, 0.3) is 0 Å². The summed E-state index contributed by atoms with van der Waals surface area (Å²) in [6.45, 7) is 6.38. The van der Waals surface area contributed by atoms with Crippen LogP contribution in [0.1, 0.15) is 12.5 Å². The number of hydrogen-bond acceptors (Lipinski definition) is 2. The van der Waals surface area contributed by atoms with Gasteiger partial charge in [0.15, 0.2) is 0 Å². The quantitative estimate of drug-likeness (QED) is 0.165. The molecule has 1 N–H and O–H groups in total. The highest BCUT2D eigenvalue weighted by Crippen LogP contribution is 2.45. The van der Waals surface area contributed by atoms with Crippen molar-refractivity contribution in [1.29, 1.82) is 0 Å². The minimum atomic E-state index is 0.943. The highest BCUT2D eigenvalue weighted by atomic mass is 15.2. The molecule has 0 bridgehead atoms. The van der Waals surface area contributed by atoms with E-state index in [2.05, 4.69) is 175 Å². The van der Waals surface area contributed by atoms with E-state index >= 15 is 0 Å². The Labute approximate surface area is 277 Å². The molecule has 47 heavy (non-hydrogen) atoms. The summed E-state index contributed by atoms with van der Waals surface area (Å²) in [5, 5.41) is 8.66. The molecule has 0 aliphatic heterocycles. The summed E-state index contributed by atoms with van der Waals surface area (Å²) in [6, 6.07) is 56.0. The number of allylic oxidation sites excluding steroid dienone is 5. The molecule has 0 saturated carbocycles. The standard InChI is InChI=1S/C45H36N2/c1-3-4-6-17-33(2)38-22-13-14-25-42(38)46-43-26-15-16-27-45(43)47(37-20-7-5-8-21-37)44-31-30-39(40-23-11-12-24-41(40)44)36-29-28-34-18-9-10-19-35(34)32-36/h3-32,46H,2H2,1H3/b4-3-,17-6-. The van der Waals surface area contributed by atoms with Crippen molar-refractivity contribution in [2.75, 3.05) is 10.2 Å². The number of nitrogens with one attached hydrogen (secondary N) is 1. The van der Waals surface area contributed by atoms with E-state index in [-0.39, 0.29) is 0 Å². The van der Waals surface area contributed by atoms with Gasteiger partial charge in [0.1, 0.15) is 0 Å². The molecule has 0 radical (unpaired) electrons. The first-order valence-electron chi connectivity index (χ1n) is 16.0. The third kappa shape index (κ3) is 6.10. The zero-order valence-corrected chi connectivity index (χ0v) is 26.5. The van der Waals surface area contributed by atoms with Crippen LogP contribution in [0.5, 0.6) is 0 Å². The van der Waals surface area contributed by atoms with E-state index in [9.17, 15) is 0 Å². The third-order valence-electron chi connectivity index (χ3n) is 8.51. The van der Waals surface area contributed by atoms with Crippen molar-refractivity contribution in [3.8, 4) is 11.1 Å². The Morgan fingerprint density at radius 2 is 1.26 bits per heavy atom. The van der Waals surface area contributed by atoms with Gasteiger partial charge < -0.3 is 10.2 Å². The van der Waals surface area contributed by atoms with Gasteiger partial charge in [-0.1, -0.05) is 146 Å². The van der Waals surface area contributed by atoms with Gasteiger partial charge >= 0.3 is 0 Å². The monoisotopic (exact) mass is 604 g/mol. The van der Waals surface area contributed by atoms with E-state index < -0.39 is 0 Å². The summed E-state index contributed by atoms with van der Waals surface area (Å²) in [7, 11) is 0. The molecule has 0 amide bonds. The van der Waals surface area contributed by atoms with Crippen LogP contribution in [0.3, 0.4) is 0 Å². The molecule has 0 atom stereocenters. The second-order valence-electron chi connectivity index (χ2n) is 11.5. The van der Waals surface area contributed by atoms with Crippen molar-refractivity contribution < 1.29 is 0 Å². The predicted molar refractivity (Wildman–Crippen MR) is 204 cm³/mol. The van der Waals surface area contributed by atoms with Crippen molar-refractivity contribution >= 4 is 55.6 Å². The molecule has 7 aromatic rings. The van der Waals surface area contributed by atoms with Crippen LogP contribution < -0.4 is 10.2 Å². The Kier molecular flexibility index (Phi) is 8.48. The molecule has 0 aliphatic rings. The van der Waals surface area contributed by atoms with E-state index in [4.69, 9.17) is 0 Å². The highest BCUT2D eigenvalue weighted by molar-refractivity contribution is 6.07. The molecule has 0 unspecified atom stereocenters. The van der Waals surface area contributed by atoms with Crippen LogP contribution in [-0.2, 0) is 0 Å². The molecule has 0 aliphatic carbocycles. The molecule has 0 spiro atoms. The van der Waals surface area contributed by atoms with E-state index in [1.165, 1.54) is 32.7 Å². The lowest BCUT2D eigenvalue weighted by atomic mass is 9.94. The normalized spacial score (nSPS) is 11.4. The van der Waals surface area contributed by atoms with Crippen LogP contribution in [0.15, 0.2) is 189 Å². The van der Waals surface area contributed by atoms with Crippen LogP contribution in [0.4, 0.5) is 28.4 Å². The van der Waals surface area contributed by atoms with Crippen molar-refractivity contribution in [3.63, 3.8) is 0 Å². The Balaban J connectivity index is 1.37. The second-order valence-corrected chi connectivity index (χ2v) is 11.5. The second kappa shape index (κ2) is 13.5. The van der Waals surface area contributed by atoms with Gasteiger partial charge in [0, 0.05) is 22.3 Å². The molecule has 0 aromatic heterocycles. The maximum atomic E-state index is 4.36. The van der Waals surface area contributed by atoms with E-state index in [0.717, 1.165) is 39.6 Å². The number of hydrogen-bond donors (Lipinski definition) is 1. The van der Waals surface area contributed by atoms with Gasteiger partial charge in [-0.05, 0) is 82.2 Å². The third-order valence-corrected chi connectivity index (χ3v) is 8.51. The van der Waals surface area contributed by atoms with Crippen molar-refractivity contribution in [3.05, 3.63) is 194 Å². The number of para-hydroxylation sites is 4. The molecule has 7 rings (SSSR count). The minimum absolute atomic E-state index is 0.943. The van der Waals surface area contributed by atoms with Gasteiger partial charge in [0.2, 0.25) is 0 Å². The molecular weight excluding hydrogens is 569 g/mol. The SMILES string of the molecule is C=C(/C=C\C=C/C)c1ccccc1Nc1ccccc1N(c1ccccc1)c1ccc(-c2ccc3ccccc3c2)c2ccccc12. The van der Waals surface area contributed by atoms with Crippen molar-refractivity contribution in [2.45, 2.75) is 6.92 Å². The first-order chi connectivity index (χ1) is 23.2. The highest BCUT2D eigenvalue weighted by Gasteiger charge is 2.20. The molecule has 0 heterocycles. The maximum absolute atomic E-state index is 4.36. The van der Waals surface area contributed by atoms with Crippen LogP contribution in [0, 0.1) is 0 Å². The number of benzene rings is 7. The lowest BCUT2D eigenvalue weighted by molar-refractivity contribution is 1.29. The molecule has 0 fully saturated rings. The molecule has 2 heteroatoms. The Morgan fingerprint density at radius 1 is 0.574 bits per heavy atom. The molecule has 2 nitrogen and oxygen atoms in total. The average molecular weight is 605 g/mol. The first-order valence-corrected chi connectivity index (χ1v) is 16.0. The number of fused-ring (bicyclic) bond motifs is 2. The fourth-order valence-electron chi connectivity index (χ4n) is 6.24. The van der Waals surface area contributed by atoms with E-state index in [1.807, 2.05) is 31.2 Å². The predicted octanol–water partition coefficient (Wildman–Crippen LogP) is 13.0. The summed E-state index contributed by atoms with van der Waals surface area (Å²) >= 11 is 0. The first kappa shape index (κ1) is 29.6. The van der Waals surface area contributed by atoms with Gasteiger partial charge in [-0.15, -0.1) is 0 Å². The largest absolute Gasteiger partial charge is 0.353 e. The number of nitrogens with zero attached hydrogens (tertiary/aromatic N) is 1. The zero-order chi connectivity index (χ0) is 32.0. The summed E-state index contributed by atoms with van der Waals surface area (Å²) in [5.74, 6) is 0. The summed E-state index contributed by atoms with van der Waals surface area (Å²) < 4.78 is 0. The summed E-state index contributed by atoms with van der Waals surface area (Å²) in [4.78, 5) is 2.36. The van der Waals surface area contributed by atoms with E-state index in [1.54, 1.807) is 0 Å². The minimum Gasteiger partial charge on any atom is -0.353 e. The number of rotatable bonds is 9. The lowest BCUT2D eigenvalue weighted by Crippen LogP contribution is -2.12. The van der Waals surface area contributed by atoms with Gasteiger partial charge in [0.05, 0.1) is 17.1 Å². The van der Waals surface area contributed by atoms with Gasteiger partial charge in [-0.2, -0.15) is 0 Å². The zero-order valence-electron chi connectivity index (χ0n) is 26.5. The fraction of sp³-hybridized carbons (Fsp3) is 0.0222. The summed E-state index contributed by atoms with van der Waals surface area (Å²) in [5.41, 5.74) is 9.66. The maximum Gasteiger partial charge on any atom is 0.0696 e. The smallest absolute Gasteiger partial charge is 0.0696 e. The Morgan fingerprint density at radius 3 is 2.09 bits per heavy atom. The molecule has 226 valence electrons. The van der Waals surface area contributed by atoms with Crippen molar-refractivity contribution in [1.82, 2.24) is 0 Å². The Bertz CT molecular complexity index is 2260. The van der Waals surface area contributed by atoms with Gasteiger partial charge in [-0.3, -0.25) is 0 Å². The van der Waals surface area contributed by atoms with Crippen molar-refractivity contribution in [2.24, 2.45) is 0 Å². The van der Waals surface area contributed by atoms with Crippen LogP contribution >= 0.6 is 0 Å². The van der Waals surface area contributed by atoms with Crippen LogP contribution in [0.25, 0.3) is 38.2 Å².